The molecule has 0 unspecified atom stereocenters. The molecule has 0 saturated heterocycles. The van der Waals surface area contributed by atoms with E-state index in [0.717, 1.165) is 15.4 Å². The van der Waals surface area contributed by atoms with E-state index in [1.165, 1.54) is 21.6 Å². The van der Waals surface area contributed by atoms with E-state index in [4.69, 9.17) is 0 Å². The molecule has 16 heavy (non-hydrogen) atoms. The molecule has 0 amide bonds. The van der Waals surface area contributed by atoms with Crippen LogP contribution >= 0.6 is 21.6 Å². The van der Waals surface area contributed by atoms with Gasteiger partial charge in [-0.25, -0.2) is 0 Å². The third-order valence-corrected chi connectivity index (χ3v) is 4.26. The molecule has 0 aliphatic carbocycles. The van der Waals surface area contributed by atoms with Crippen molar-refractivity contribution in [1.29, 1.82) is 0 Å². The number of nitrogens with zero attached hydrogens (tertiary/aromatic N) is 1. The van der Waals surface area contributed by atoms with Crippen LogP contribution in [-0.4, -0.2) is 0 Å². The molecule has 1 aromatic carbocycles. The molecule has 1 aromatic rings. The van der Waals surface area contributed by atoms with Crippen molar-refractivity contribution in [3.05, 3.63) is 52.3 Å². The molecule has 0 spiro atoms. The Bertz CT molecular complexity index is 427. The van der Waals surface area contributed by atoms with Crippen LogP contribution in [0.1, 0.15) is 12.5 Å². The van der Waals surface area contributed by atoms with Crippen molar-refractivity contribution >= 4 is 27.3 Å². The van der Waals surface area contributed by atoms with Crippen molar-refractivity contribution in [3.8, 4) is 0 Å². The Labute approximate surface area is 104 Å². The van der Waals surface area contributed by atoms with E-state index in [0.29, 0.717) is 5.69 Å². The second-order valence-electron chi connectivity index (χ2n) is 3.15. The SMILES string of the molecule is C=C(/C=C\C)SSc1cccc(C)c1N=O. The number of benzene rings is 1. The highest BCUT2D eigenvalue weighted by atomic mass is 33.1. The first-order chi connectivity index (χ1) is 7.69. The Morgan fingerprint density at radius 3 is 2.88 bits per heavy atom. The molecule has 2 nitrogen and oxygen atoms in total. The lowest BCUT2D eigenvalue weighted by Crippen LogP contribution is -1.76. The monoisotopic (exact) mass is 251 g/mol. The summed E-state index contributed by atoms with van der Waals surface area (Å²) in [6, 6.07) is 5.70. The lowest BCUT2D eigenvalue weighted by Gasteiger charge is -2.04. The predicted molar refractivity (Wildman–Crippen MR) is 74.0 cm³/mol. The number of hydrogen-bond acceptors (Lipinski definition) is 4. The highest BCUT2D eigenvalue weighted by molar-refractivity contribution is 8.78. The van der Waals surface area contributed by atoms with Crippen LogP contribution in [-0.2, 0) is 0 Å². The fourth-order valence-electron chi connectivity index (χ4n) is 1.13. The molecule has 4 heteroatoms. The van der Waals surface area contributed by atoms with Crippen molar-refractivity contribution in [2.45, 2.75) is 18.7 Å². The molecule has 0 saturated carbocycles. The van der Waals surface area contributed by atoms with Gasteiger partial charge in [-0.3, -0.25) is 0 Å². The van der Waals surface area contributed by atoms with Gasteiger partial charge < -0.3 is 0 Å². The maximum Gasteiger partial charge on any atom is 0.125 e. The van der Waals surface area contributed by atoms with Crippen LogP contribution in [0.2, 0.25) is 0 Å². The van der Waals surface area contributed by atoms with Crippen LogP contribution in [0.4, 0.5) is 5.69 Å². The average Bonchev–Trinajstić information content (AvgIpc) is 2.27. The summed E-state index contributed by atoms with van der Waals surface area (Å²) in [7, 11) is 3.03. The van der Waals surface area contributed by atoms with Crippen LogP contribution in [0.5, 0.6) is 0 Å². The lowest BCUT2D eigenvalue weighted by molar-refractivity contribution is 1.30. The van der Waals surface area contributed by atoms with Gasteiger partial charge in [0.25, 0.3) is 0 Å². The molecule has 0 bridgehead atoms. The molecule has 84 valence electrons. The molecule has 0 aliphatic heterocycles. The first-order valence-corrected chi connectivity index (χ1v) is 6.93. The van der Waals surface area contributed by atoms with Gasteiger partial charge >= 0.3 is 0 Å². The number of aryl methyl sites for hydroxylation is 1. The highest BCUT2D eigenvalue weighted by Crippen LogP contribution is 2.42. The number of rotatable bonds is 5. The van der Waals surface area contributed by atoms with Crippen molar-refractivity contribution in [2.24, 2.45) is 5.18 Å². The summed E-state index contributed by atoms with van der Waals surface area (Å²) in [4.78, 5) is 12.5. The van der Waals surface area contributed by atoms with Gasteiger partial charge in [0.05, 0.1) is 0 Å². The quantitative estimate of drug-likeness (QED) is 0.408. The first kappa shape index (κ1) is 13.1. The third kappa shape index (κ3) is 3.54. The van der Waals surface area contributed by atoms with Gasteiger partial charge in [0, 0.05) is 9.80 Å². The Morgan fingerprint density at radius 1 is 1.50 bits per heavy atom. The smallest absolute Gasteiger partial charge is 0.125 e. The van der Waals surface area contributed by atoms with Crippen LogP contribution in [0.3, 0.4) is 0 Å². The molecule has 0 N–H and O–H groups in total. The predicted octanol–water partition coefficient (Wildman–Crippen LogP) is 5.22. The maximum atomic E-state index is 10.7. The van der Waals surface area contributed by atoms with E-state index in [9.17, 15) is 4.91 Å². The van der Waals surface area contributed by atoms with E-state index >= 15 is 0 Å². The minimum atomic E-state index is 0.522. The highest BCUT2D eigenvalue weighted by Gasteiger charge is 2.07. The fourth-order valence-corrected chi connectivity index (χ4v) is 3.09. The Morgan fingerprint density at radius 2 is 2.25 bits per heavy atom. The zero-order valence-corrected chi connectivity index (χ0v) is 10.9. The number of nitroso groups, excluding NO2 is 1. The van der Waals surface area contributed by atoms with Crippen molar-refractivity contribution < 1.29 is 0 Å². The van der Waals surface area contributed by atoms with Gasteiger partial charge in [-0.2, -0.15) is 0 Å². The summed E-state index contributed by atoms with van der Waals surface area (Å²) in [5, 5.41) is 3.06. The van der Waals surface area contributed by atoms with Crippen LogP contribution < -0.4 is 0 Å². The minimum absolute atomic E-state index is 0.522. The van der Waals surface area contributed by atoms with E-state index in [1.54, 1.807) is 0 Å². The van der Waals surface area contributed by atoms with Crippen LogP contribution in [0, 0.1) is 11.8 Å². The van der Waals surface area contributed by atoms with Gasteiger partial charge in [-0.1, -0.05) is 52.5 Å². The first-order valence-electron chi connectivity index (χ1n) is 4.78. The van der Waals surface area contributed by atoms with E-state index in [-0.39, 0.29) is 0 Å². The molecular weight excluding hydrogens is 238 g/mol. The lowest BCUT2D eigenvalue weighted by atomic mass is 10.2. The number of allylic oxidation sites excluding steroid dienone is 2. The summed E-state index contributed by atoms with van der Waals surface area (Å²) >= 11 is 0. The summed E-state index contributed by atoms with van der Waals surface area (Å²) in [6.45, 7) is 7.71. The fraction of sp³-hybridized carbons (Fsp3) is 0.167. The molecule has 1 rings (SSSR count). The Balaban J connectivity index is 2.78. The second kappa shape index (κ2) is 6.55. The van der Waals surface area contributed by atoms with Gasteiger partial charge in [0.1, 0.15) is 5.69 Å². The minimum Gasteiger partial charge on any atom is -0.145 e. The maximum absolute atomic E-state index is 10.7. The van der Waals surface area contributed by atoms with E-state index in [2.05, 4.69) is 11.8 Å². The zero-order chi connectivity index (χ0) is 12.0. The van der Waals surface area contributed by atoms with Crippen LogP contribution in [0.15, 0.2) is 51.9 Å². The average molecular weight is 251 g/mol. The summed E-state index contributed by atoms with van der Waals surface area (Å²) in [5.74, 6) is 0. The van der Waals surface area contributed by atoms with Gasteiger partial charge in [-0.15, -0.1) is 4.91 Å². The van der Waals surface area contributed by atoms with Gasteiger partial charge in [0.2, 0.25) is 0 Å². The molecule has 0 aliphatic rings. The molecule has 0 heterocycles. The third-order valence-electron chi connectivity index (χ3n) is 1.88. The standard InChI is InChI=1S/C12H13NOS2/c1-4-6-10(3)15-16-11-8-5-7-9(2)12(11)13-14/h4-8H,3H2,1-2H3/b6-4-. The molecule has 0 atom stereocenters. The van der Waals surface area contributed by atoms with Crippen molar-refractivity contribution in [1.82, 2.24) is 0 Å². The van der Waals surface area contributed by atoms with E-state index < -0.39 is 0 Å². The van der Waals surface area contributed by atoms with Crippen molar-refractivity contribution in [3.63, 3.8) is 0 Å². The Kier molecular flexibility index (Phi) is 5.35. The molecule has 0 fully saturated rings. The van der Waals surface area contributed by atoms with Crippen molar-refractivity contribution in [2.75, 3.05) is 0 Å². The van der Waals surface area contributed by atoms with Crippen LogP contribution in [0.25, 0.3) is 0 Å². The van der Waals surface area contributed by atoms with E-state index in [1.807, 2.05) is 44.2 Å². The normalized spacial score (nSPS) is 10.6. The summed E-state index contributed by atoms with van der Waals surface area (Å²) in [6.07, 6.45) is 3.87. The second-order valence-corrected chi connectivity index (χ2v) is 5.44. The zero-order valence-electron chi connectivity index (χ0n) is 9.27. The molecule has 0 aromatic heterocycles. The summed E-state index contributed by atoms with van der Waals surface area (Å²) < 4.78 is 0. The largest absolute Gasteiger partial charge is 0.145 e. The summed E-state index contributed by atoms with van der Waals surface area (Å²) in [5.41, 5.74) is 1.42. The topological polar surface area (TPSA) is 29.4 Å². The molecular formula is C12H13NOS2. The number of hydrogen-bond donors (Lipinski definition) is 0. The molecule has 0 radical (unpaired) electrons. The van der Waals surface area contributed by atoms with Gasteiger partial charge in [0.15, 0.2) is 0 Å². The Hall–Kier alpha value is -1.00. The van der Waals surface area contributed by atoms with Gasteiger partial charge in [-0.05, 0) is 30.7 Å².